The third-order valence-electron chi connectivity index (χ3n) is 4.55. The van der Waals surface area contributed by atoms with Crippen molar-refractivity contribution >= 4 is 35.0 Å². The number of ether oxygens (including phenoxy) is 1. The molecule has 0 fully saturated rings. The second kappa shape index (κ2) is 8.33. The lowest BCUT2D eigenvalue weighted by Crippen LogP contribution is -2.21. The molecule has 29 heavy (non-hydrogen) atoms. The van der Waals surface area contributed by atoms with Crippen LogP contribution in [-0.2, 0) is 11.4 Å². The number of carbonyl (C=O) groups excluding carboxylic acids is 1. The van der Waals surface area contributed by atoms with Crippen molar-refractivity contribution in [3.05, 3.63) is 101 Å². The monoisotopic (exact) mass is 402 g/mol. The van der Waals surface area contributed by atoms with E-state index in [1.165, 1.54) is 5.01 Å². The first-order valence-corrected chi connectivity index (χ1v) is 9.62. The topological polar surface area (TPSA) is 41.9 Å². The number of hydrogen-bond acceptors (Lipinski definition) is 3. The van der Waals surface area contributed by atoms with Crippen LogP contribution in [-0.4, -0.2) is 11.6 Å². The Bertz CT molecular complexity index is 1090. The van der Waals surface area contributed by atoms with Crippen LogP contribution in [0.4, 0.5) is 5.69 Å². The molecule has 0 spiro atoms. The molecule has 5 heteroatoms. The lowest BCUT2D eigenvalue weighted by atomic mass is 10.1. The average molecular weight is 403 g/mol. The van der Waals surface area contributed by atoms with Gasteiger partial charge in [0.15, 0.2) is 0 Å². The van der Waals surface area contributed by atoms with Gasteiger partial charge in [-0.1, -0.05) is 54.1 Å². The summed E-state index contributed by atoms with van der Waals surface area (Å²) in [5.74, 6) is 0.593. The summed E-state index contributed by atoms with van der Waals surface area (Å²) in [5, 5.41) is 6.54. The van der Waals surface area contributed by atoms with Crippen molar-refractivity contribution in [2.24, 2.45) is 5.10 Å². The Morgan fingerprint density at radius 2 is 1.76 bits per heavy atom. The molecule has 3 aromatic carbocycles. The number of rotatable bonds is 5. The van der Waals surface area contributed by atoms with E-state index in [4.69, 9.17) is 16.3 Å². The molecule has 1 heterocycles. The van der Waals surface area contributed by atoms with Crippen LogP contribution in [0.2, 0.25) is 5.02 Å². The summed E-state index contributed by atoms with van der Waals surface area (Å²) >= 11 is 5.92. The number of hydrogen-bond donors (Lipinski definition) is 0. The third kappa shape index (κ3) is 4.39. The molecule has 144 valence electrons. The van der Waals surface area contributed by atoms with Gasteiger partial charge in [0.25, 0.3) is 5.91 Å². The van der Waals surface area contributed by atoms with Gasteiger partial charge in [-0.3, -0.25) is 4.79 Å². The molecule has 3 aromatic rings. The quantitative estimate of drug-likeness (QED) is 0.512. The van der Waals surface area contributed by atoms with E-state index >= 15 is 0 Å². The highest BCUT2D eigenvalue weighted by Crippen LogP contribution is 2.25. The van der Waals surface area contributed by atoms with Gasteiger partial charge in [0.1, 0.15) is 12.4 Å². The van der Waals surface area contributed by atoms with Gasteiger partial charge < -0.3 is 4.74 Å². The van der Waals surface area contributed by atoms with E-state index in [1.807, 2.05) is 91.9 Å². The molecule has 0 saturated heterocycles. The number of carbonyl (C=O) groups is 1. The molecular weight excluding hydrogens is 384 g/mol. The normalized spacial score (nSPS) is 15.0. The molecule has 0 unspecified atom stereocenters. The van der Waals surface area contributed by atoms with Crippen molar-refractivity contribution in [2.75, 3.05) is 5.01 Å². The highest BCUT2D eigenvalue weighted by molar-refractivity contribution is 6.32. The van der Waals surface area contributed by atoms with Crippen molar-refractivity contribution in [3.8, 4) is 5.75 Å². The van der Waals surface area contributed by atoms with E-state index in [9.17, 15) is 4.79 Å². The predicted molar refractivity (Wildman–Crippen MR) is 117 cm³/mol. The number of para-hydroxylation sites is 1. The van der Waals surface area contributed by atoms with Gasteiger partial charge in [0.05, 0.1) is 17.0 Å². The maximum Gasteiger partial charge on any atom is 0.280 e. The fourth-order valence-corrected chi connectivity index (χ4v) is 3.16. The van der Waals surface area contributed by atoms with E-state index < -0.39 is 0 Å². The zero-order valence-electron chi connectivity index (χ0n) is 15.9. The van der Waals surface area contributed by atoms with E-state index in [0.717, 1.165) is 22.6 Å². The first kappa shape index (κ1) is 19.0. The zero-order valence-corrected chi connectivity index (χ0v) is 16.6. The molecule has 0 N–H and O–H groups in total. The second-order valence-corrected chi connectivity index (χ2v) is 7.12. The molecular formula is C24H19ClN2O2. The molecule has 0 radical (unpaired) electrons. The average Bonchev–Trinajstić information content (AvgIpc) is 3.03. The van der Waals surface area contributed by atoms with Crippen LogP contribution in [0.3, 0.4) is 0 Å². The van der Waals surface area contributed by atoms with Crippen LogP contribution in [0.15, 0.2) is 89.5 Å². The van der Waals surface area contributed by atoms with Crippen molar-refractivity contribution in [1.82, 2.24) is 0 Å². The molecule has 1 aliphatic heterocycles. The molecule has 0 aliphatic carbocycles. The molecule has 0 saturated carbocycles. The van der Waals surface area contributed by atoms with E-state index in [1.54, 1.807) is 0 Å². The van der Waals surface area contributed by atoms with Crippen LogP contribution >= 0.6 is 11.6 Å². The largest absolute Gasteiger partial charge is 0.489 e. The van der Waals surface area contributed by atoms with Crippen molar-refractivity contribution < 1.29 is 9.53 Å². The number of amides is 1. The number of hydrazone groups is 1. The van der Waals surface area contributed by atoms with Gasteiger partial charge in [0, 0.05) is 5.02 Å². The van der Waals surface area contributed by atoms with Gasteiger partial charge in [-0.15, -0.1) is 0 Å². The Labute approximate surface area is 174 Å². The Hall–Kier alpha value is -3.37. The molecule has 0 atom stereocenters. The van der Waals surface area contributed by atoms with Crippen LogP contribution in [0, 0.1) is 0 Å². The molecule has 4 nitrogen and oxygen atoms in total. The van der Waals surface area contributed by atoms with Gasteiger partial charge >= 0.3 is 0 Å². The van der Waals surface area contributed by atoms with Gasteiger partial charge in [0.2, 0.25) is 0 Å². The Morgan fingerprint density at radius 3 is 2.52 bits per heavy atom. The highest BCUT2D eigenvalue weighted by Gasteiger charge is 2.28. The lowest BCUT2D eigenvalue weighted by Gasteiger charge is -2.11. The SMILES string of the molecule is CC1=NN(c2ccccc2)C(=O)/C1=C/c1cccc(OCc2ccc(Cl)cc2)c1. The first-order valence-electron chi connectivity index (χ1n) is 9.24. The summed E-state index contributed by atoms with van der Waals surface area (Å²) in [6.07, 6.45) is 1.85. The van der Waals surface area contributed by atoms with E-state index in [0.29, 0.717) is 22.9 Å². The maximum absolute atomic E-state index is 12.8. The van der Waals surface area contributed by atoms with Crippen LogP contribution in [0.1, 0.15) is 18.1 Å². The van der Waals surface area contributed by atoms with Crippen LogP contribution in [0.5, 0.6) is 5.75 Å². The number of halogens is 1. The van der Waals surface area contributed by atoms with Gasteiger partial charge in [-0.2, -0.15) is 10.1 Å². The molecule has 0 aromatic heterocycles. The standard InChI is InChI=1S/C24H19ClN2O2/c1-17-23(24(28)27(26-17)21-7-3-2-4-8-21)15-19-6-5-9-22(14-19)29-16-18-10-12-20(25)13-11-18/h2-15H,16H2,1H3/b23-15+. The highest BCUT2D eigenvalue weighted by atomic mass is 35.5. The number of anilines is 1. The first-order chi connectivity index (χ1) is 14.1. The summed E-state index contributed by atoms with van der Waals surface area (Å²) in [5.41, 5.74) is 3.92. The fourth-order valence-electron chi connectivity index (χ4n) is 3.04. The van der Waals surface area contributed by atoms with E-state index in [-0.39, 0.29) is 5.91 Å². The van der Waals surface area contributed by atoms with Crippen LogP contribution in [0.25, 0.3) is 6.08 Å². The maximum atomic E-state index is 12.8. The number of nitrogens with zero attached hydrogens (tertiary/aromatic N) is 2. The molecule has 1 aliphatic rings. The Balaban J connectivity index is 1.51. The molecule has 4 rings (SSSR count). The van der Waals surface area contributed by atoms with Crippen LogP contribution < -0.4 is 9.75 Å². The Kier molecular flexibility index (Phi) is 5.45. The molecule has 0 bridgehead atoms. The minimum atomic E-state index is -0.138. The summed E-state index contributed by atoms with van der Waals surface area (Å²) < 4.78 is 5.88. The predicted octanol–water partition coefficient (Wildman–Crippen LogP) is 5.73. The molecule has 1 amide bonds. The lowest BCUT2D eigenvalue weighted by molar-refractivity contribution is -0.114. The van der Waals surface area contributed by atoms with Crippen molar-refractivity contribution in [2.45, 2.75) is 13.5 Å². The minimum absolute atomic E-state index is 0.138. The summed E-state index contributed by atoms with van der Waals surface area (Å²) in [4.78, 5) is 12.8. The number of benzene rings is 3. The zero-order chi connectivity index (χ0) is 20.2. The second-order valence-electron chi connectivity index (χ2n) is 6.68. The van der Waals surface area contributed by atoms with E-state index in [2.05, 4.69) is 5.10 Å². The third-order valence-corrected chi connectivity index (χ3v) is 4.80. The smallest absolute Gasteiger partial charge is 0.280 e. The minimum Gasteiger partial charge on any atom is -0.489 e. The summed E-state index contributed by atoms with van der Waals surface area (Å²) in [6.45, 7) is 2.28. The Morgan fingerprint density at radius 1 is 1.00 bits per heavy atom. The summed E-state index contributed by atoms with van der Waals surface area (Å²) in [6, 6.07) is 24.6. The van der Waals surface area contributed by atoms with Crippen molar-refractivity contribution in [1.29, 1.82) is 0 Å². The van der Waals surface area contributed by atoms with Gasteiger partial charge in [-0.25, -0.2) is 0 Å². The summed E-state index contributed by atoms with van der Waals surface area (Å²) in [7, 11) is 0. The fraction of sp³-hybridized carbons (Fsp3) is 0.0833. The van der Waals surface area contributed by atoms with Crippen molar-refractivity contribution in [3.63, 3.8) is 0 Å². The van der Waals surface area contributed by atoms with Gasteiger partial charge in [-0.05, 0) is 60.5 Å².